The number of hydrogen-bond donors (Lipinski definition) is 2. The Labute approximate surface area is 150 Å². The van der Waals surface area contributed by atoms with Crippen LogP contribution >= 0.6 is 0 Å². The first-order valence-electron chi connectivity index (χ1n) is 8.74. The molecule has 4 nitrogen and oxygen atoms in total. The summed E-state index contributed by atoms with van der Waals surface area (Å²) in [5.74, 6) is 1.19. The van der Waals surface area contributed by atoms with Crippen LogP contribution in [0.15, 0.2) is 54.6 Å². The van der Waals surface area contributed by atoms with E-state index in [2.05, 4.69) is 19.2 Å². The molecule has 25 heavy (non-hydrogen) atoms. The number of carbonyl (C=O) groups is 1. The summed E-state index contributed by atoms with van der Waals surface area (Å²) in [5.41, 5.74) is 8.15. The van der Waals surface area contributed by atoms with E-state index in [1.165, 1.54) is 0 Å². The van der Waals surface area contributed by atoms with E-state index < -0.39 is 0 Å². The molecule has 0 aliphatic carbocycles. The summed E-state index contributed by atoms with van der Waals surface area (Å²) in [6.07, 6.45) is 1.10. The van der Waals surface area contributed by atoms with Crippen molar-refractivity contribution < 1.29 is 9.53 Å². The van der Waals surface area contributed by atoms with Crippen molar-refractivity contribution in [2.24, 2.45) is 11.7 Å². The van der Waals surface area contributed by atoms with Gasteiger partial charge in [0.15, 0.2) is 0 Å². The minimum atomic E-state index is -0.307. The number of hydrogen-bond acceptors (Lipinski definition) is 3. The topological polar surface area (TPSA) is 64.3 Å². The van der Waals surface area contributed by atoms with Crippen LogP contribution in [0.4, 0.5) is 0 Å². The molecule has 1 amide bonds. The van der Waals surface area contributed by atoms with Gasteiger partial charge >= 0.3 is 0 Å². The van der Waals surface area contributed by atoms with Crippen LogP contribution in [0.3, 0.4) is 0 Å². The number of benzene rings is 2. The number of ether oxygens (including phenoxy) is 1. The molecule has 0 spiro atoms. The summed E-state index contributed by atoms with van der Waals surface area (Å²) in [6, 6.07) is 17.1. The summed E-state index contributed by atoms with van der Waals surface area (Å²) in [4.78, 5) is 12.6. The Kier molecular flexibility index (Phi) is 7.02. The number of nitrogens with two attached hydrogens (primary N) is 1. The lowest BCUT2D eigenvalue weighted by molar-refractivity contribution is -0.122. The first-order valence-corrected chi connectivity index (χ1v) is 8.74. The summed E-state index contributed by atoms with van der Waals surface area (Å²) in [5, 5.41) is 3.14. The van der Waals surface area contributed by atoms with Crippen molar-refractivity contribution in [2.75, 3.05) is 7.11 Å². The molecule has 0 fully saturated rings. The highest BCUT2D eigenvalue weighted by Crippen LogP contribution is 2.29. The molecule has 2 unspecified atom stereocenters. The molecule has 0 aliphatic heterocycles. The van der Waals surface area contributed by atoms with Crippen LogP contribution in [-0.2, 0) is 4.79 Å². The molecule has 4 heteroatoms. The zero-order valence-electron chi connectivity index (χ0n) is 15.2. The van der Waals surface area contributed by atoms with E-state index in [-0.39, 0.29) is 24.4 Å². The fraction of sp³-hybridized carbons (Fsp3) is 0.381. The van der Waals surface area contributed by atoms with Gasteiger partial charge in [-0.3, -0.25) is 4.79 Å². The van der Waals surface area contributed by atoms with Crippen LogP contribution in [0.1, 0.15) is 49.9 Å². The Morgan fingerprint density at radius 3 is 2.36 bits per heavy atom. The second kappa shape index (κ2) is 9.23. The molecule has 0 saturated heterocycles. The van der Waals surface area contributed by atoms with Gasteiger partial charge in [-0.2, -0.15) is 0 Å². The van der Waals surface area contributed by atoms with Crippen molar-refractivity contribution in [1.82, 2.24) is 5.32 Å². The Bertz CT molecular complexity index is 671. The molecule has 3 N–H and O–H groups in total. The minimum absolute atomic E-state index is 0.0482. The molecule has 2 aromatic rings. The van der Waals surface area contributed by atoms with Crippen LogP contribution in [0.25, 0.3) is 0 Å². The number of rotatable bonds is 8. The van der Waals surface area contributed by atoms with E-state index in [1.54, 1.807) is 7.11 Å². The van der Waals surface area contributed by atoms with E-state index in [1.807, 2.05) is 54.6 Å². The first-order chi connectivity index (χ1) is 12.0. The molecular formula is C21H28N2O2. The average Bonchev–Trinajstić information content (AvgIpc) is 2.61. The predicted octanol–water partition coefficient (Wildman–Crippen LogP) is 3.99. The smallest absolute Gasteiger partial charge is 0.222 e. The third kappa shape index (κ3) is 5.61. The standard InChI is InChI=1S/C21H28N2O2/c1-15(2)13-19(17-11-7-8-12-20(17)25-3)23-21(24)14-18(22)16-9-5-4-6-10-16/h4-12,15,18-19H,13-14,22H2,1-3H3,(H,23,24). The third-order valence-electron chi connectivity index (χ3n) is 4.19. The summed E-state index contributed by atoms with van der Waals surface area (Å²) < 4.78 is 5.46. The average molecular weight is 340 g/mol. The second-order valence-electron chi connectivity index (χ2n) is 6.71. The summed E-state index contributed by atoms with van der Waals surface area (Å²) in [7, 11) is 1.65. The van der Waals surface area contributed by atoms with E-state index in [4.69, 9.17) is 10.5 Å². The molecule has 2 atom stereocenters. The highest BCUT2D eigenvalue weighted by Gasteiger charge is 2.21. The zero-order chi connectivity index (χ0) is 18.2. The van der Waals surface area contributed by atoms with Crippen LogP contribution in [0.5, 0.6) is 5.75 Å². The Morgan fingerprint density at radius 2 is 1.72 bits per heavy atom. The van der Waals surface area contributed by atoms with Gasteiger partial charge in [-0.15, -0.1) is 0 Å². The van der Waals surface area contributed by atoms with E-state index >= 15 is 0 Å². The monoisotopic (exact) mass is 340 g/mol. The fourth-order valence-electron chi connectivity index (χ4n) is 2.96. The maximum absolute atomic E-state index is 12.6. The highest BCUT2D eigenvalue weighted by molar-refractivity contribution is 5.77. The maximum Gasteiger partial charge on any atom is 0.222 e. The molecule has 2 rings (SSSR count). The molecule has 0 radical (unpaired) electrons. The molecule has 134 valence electrons. The fourth-order valence-corrected chi connectivity index (χ4v) is 2.96. The number of nitrogens with one attached hydrogen (secondary N) is 1. The summed E-state index contributed by atoms with van der Waals surface area (Å²) >= 11 is 0. The normalized spacial score (nSPS) is 13.3. The molecule has 0 aliphatic rings. The molecular weight excluding hydrogens is 312 g/mol. The Morgan fingerprint density at radius 1 is 1.08 bits per heavy atom. The van der Waals surface area contributed by atoms with Gasteiger partial charge in [-0.1, -0.05) is 62.4 Å². The third-order valence-corrected chi connectivity index (χ3v) is 4.19. The second-order valence-corrected chi connectivity index (χ2v) is 6.71. The van der Waals surface area contributed by atoms with Crippen molar-refractivity contribution in [3.8, 4) is 5.75 Å². The maximum atomic E-state index is 12.6. The van der Waals surface area contributed by atoms with Crippen molar-refractivity contribution in [2.45, 2.75) is 38.8 Å². The van der Waals surface area contributed by atoms with Crippen LogP contribution in [-0.4, -0.2) is 13.0 Å². The molecule has 0 aromatic heterocycles. The van der Waals surface area contributed by atoms with Gasteiger partial charge in [0.1, 0.15) is 5.75 Å². The van der Waals surface area contributed by atoms with Gasteiger partial charge in [0.25, 0.3) is 0 Å². The molecule has 0 heterocycles. The van der Waals surface area contributed by atoms with Crippen LogP contribution < -0.4 is 15.8 Å². The lowest BCUT2D eigenvalue weighted by Gasteiger charge is -2.24. The first kappa shape index (κ1) is 19.0. The van der Waals surface area contributed by atoms with Crippen molar-refractivity contribution in [3.63, 3.8) is 0 Å². The van der Waals surface area contributed by atoms with Gasteiger partial charge < -0.3 is 15.8 Å². The van der Waals surface area contributed by atoms with Crippen molar-refractivity contribution >= 4 is 5.91 Å². The minimum Gasteiger partial charge on any atom is -0.496 e. The SMILES string of the molecule is COc1ccccc1C(CC(C)C)NC(=O)CC(N)c1ccccc1. The number of amides is 1. The zero-order valence-corrected chi connectivity index (χ0v) is 15.2. The van der Waals surface area contributed by atoms with Gasteiger partial charge in [0, 0.05) is 18.0 Å². The lowest BCUT2D eigenvalue weighted by Crippen LogP contribution is -2.32. The molecule has 2 aromatic carbocycles. The largest absolute Gasteiger partial charge is 0.496 e. The van der Waals surface area contributed by atoms with Crippen LogP contribution in [0.2, 0.25) is 0 Å². The summed E-state index contributed by atoms with van der Waals surface area (Å²) in [6.45, 7) is 4.29. The van der Waals surface area contributed by atoms with Crippen molar-refractivity contribution in [3.05, 3.63) is 65.7 Å². The Balaban J connectivity index is 2.10. The van der Waals surface area contributed by atoms with Gasteiger partial charge in [-0.25, -0.2) is 0 Å². The van der Waals surface area contributed by atoms with Gasteiger partial charge in [0.05, 0.1) is 13.2 Å². The van der Waals surface area contributed by atoms with Crippen molar-refractivity contribution in [1.29, 1.82) is 0 Å². The molecule has 0 saturated carbocycles. The van der Waals surface area contributed by atoms with Gasteiger partial charge in [-0.05, 0) is 24.0 Å². The van der Waals surface area contributed by atoms with E-state index in [9.17, 15) is 4.79 Å². The number of para-hydroxylation sites is 1. The van der Waals surface area contributed by atoms with Crippen LogP contribution in [0, 0.1) is 5.92 Å². The Hall–Kier alpha value is -2.33. The number of carbonyl (C=O) groups excluding carboxylic acids is 1. The molecule has 0 bridgehead atoms. The quantitative estimate of drug-likeness (QED) is 0.764. The number of methoxy groups -OCH3 is 1. The van der Waals surface area contributed by atoms with E-state index in [0.717, 1.165) is 23.3 Å². The predicted molar refractivity (Wildman–Crippen MR) is 101 cm³/mol. The lowest BCUT2D eigenvalue weighted by atomic mass is 9.95. The van der Waals surface area contributed by atoms with E-state index in [0.29, 0.717) is 5.92 Å². The highest BCUT2D eigenvalue weighted by atomic mass is 16.5. The van der Waals surface area contributed by atoms with Gasteiger partial charge in [0.2, 0.25) is 5.91 Å².